The Morgan fingerprint density at radius 1 is 1.07 bits per heavy atom. The van der Waals surface area contributed by atoms with Gasteiger partial charge in [-0.3, -0.25) is 0 Å². The molecule has 0 spiro atoms. The molecule has 0 unspecified atom stereocenters. The highest BCUT2D eigenvalue weighted by Gasteiger charge is 2.13. The van der Waals surface area contributed by atoms with Gasteiger partial charge in [0.25, 0.3) is 0 Å². The van der Waals surface area contributed by atoms with E-state index in [9.17, 15) is 5.26 Å². The third kappa shape index (κ3) is 4.08. The first-order valence-corrected chi connectivity index (χ1v) is 9.26. The zero-order chi connectivity index (χ0) is 19.9. The lowest BCUT2D eigenvalue weighted by Gasteiger charge is -2.14. The van der Waals surface area contributed by atoms with Crippen molar-refractivity contribution in [3.8, 4) is 34.6 Å². The summed E-state index contributed by atoms with van der Waals surface area (Å²) in [6.07, 6.45) is 1.62. The van der Waals surface area contributed by atoms with Gasteiger partial charge in [-0.05, 0) is 0 Å². The maximum atomic E-state index is 9.56. The highest BCUT2D eigenvalue weighted by molar-refractivity contribution is 7.11. The number of nitrogens with zero attached hydrogens (tertiary/aromatic N) is 2. The van der Waals surface area contributed by atoms with Crippen molar-refractivity contribution >= 4 is 22.6 Å². The first-order chi connectivity index (χ1) is 13.7. The Bertz CT molecular complexity index is 998. The van der Waals surface area contributed by atoms with E-state index in [1.165, 1.54) is 11.3 Å². The van der Waals surface area contributed by atoms with E-state index < -0.39 is 0 Å². The second-order valence-electron chi connectivity index (χ2n) is 5.63. The number of nitrogens with one attached hydrogen (secondary N) is 1. The number of rotatable bonds is 7. The van der Waals surface area contributed by atoms with Crippen molar-refractivity contribution in [2.45, 2.75) is 0 Å². The van der Waals surface area contributed by atoms with Gasteiger partial charge in [-0.15, -0.1) is 11.3 Å². The molecule has 0 amide bonds. The minimum Gasteiger partial charge on any atom is -0.493 e. The summed E-state index contributed by atoms with van der Waals surface area (Å²) in [5.74, 6) is 1.56. The molecule has 0 aliphatic carbocycles. The van der Waals surface area contributed by atoms with Crippen LogP contribution in [-0.4, -0.2) is 26.3 Å². The fraction of sp³-hybridized carbons (Fsp3) is 0.143. The van der Waals surface area contributed by atoms with Crippen molar-refractivity contribution in [3.63, 3.8) is 0 Å². The van der Waals surface area contributed by atoms with E-state index >= 15 is 0 Å². The van der Waals surface area contributed by atoms with Crippen molar-refractivity contribution in [2.24, 2.45) is 0 Å². The van der Waals surface area contributed by atoms with E-state index in [1.54, 1.807) is 39.7 Å². The summed E-state index contributed by atoms with van der Waals surface area (Å²) in [5.41, 5.74) is 2.98. The van der Waals surface area contributed by atoms with E-state index in [2.05, 4.69) is 16.4 Å². The SMILES string of the molecule is COc1cc(N/C=C(\C#N)c2nc(-c3ccccc3)cs2)cc(OC)c1OC. The normalized spacial score (nSPS) is 10.9. The zero-order valence-corrected chi connectivity index (χ0v) is 16.5. The predicted molar refractivity (Wildman–Crippen MR) is 111 cm³/mol. The van der Waals surface area contributed by atoms with Gasteiger partial charge in [-0.1, -0.05) is 30.3 Å². The first-order valence-electron chi connectivity index (χ1n) is 8.38. The molecule has 1 aromatic heterocycles. The topological polar surface area (TPSA) is 76.4 Å². The van der Waals surface area contributed by atoms with Gasteiger partial charge in [-0.2, -0.15) is 5.26 Å². The number of allylic oxidation sites excluding steroid dienone is 1. The van der Waals surface area contributed by atoms with Crippen LogP contribution in [0.15, 0.2) is 54.0 Å². The molecule has 28 heavy (non-hydrogen) atoms. The second kappa shape index (κ2) is 8.93. The van der Waals surface area contributed by atoms with Crippen LogP contribution in [-0.2, 0) is 0 Å². The monoisotopic (exact) mass is 393 g/mol. The van der Waals surface area contributed by atoms with Crippen LogP contribution in [0.3, 0.4) is 0 Å². The highest BCUT2D eigenvalue weighted by atomic mass is 32.1. The molecule has 0 aliphatic rings. The molecule has 3 rings (SSSR count). The Balaban J connectivity index is 1.87. The minimum atomic E-state index is 0.431. The molecule has 2 aromatic carbocycles. The number of methoxy groups -OCH3 is 3. The molecule has 0 aliphatic heterocycles. The van der Waals surface area contributed by atoms with Crippen LogP contribution in [0.1, 0.15) is 5.01 Å². The molecule has 0 atom stereocenters. The molecule has 0 bridgehead atoms. The summed E-state index contributed by atoms with van der Waals surface area (Å²) in [4.78, 5) is 4.58. The maximum Gasteiger partial charge on any atom is 0.203 e. The fourth-order valence-electron chi connectivity index (χ4n) is 2.60. The van der Waals surface area contributed by atoms with Gasteiger partial charge in [-0.25, -0.2) is 4.98 Å². The molecule has 0 fully saturated rings. The van der Waals surface area contributed by atoms with E-state index in [0.717, 1.165) is 11.3 Å². The molecule has 1 N–H and O–H groups in total. The number of anilines is 1. The van der Waals surface area contributed by atoms with Crippen molar-refractivity contribution < 1.29 is 14.2 Å². The number of nitriles is 1. The Morgan fingerprint density at radius 2 is 1.75 bits per heavy atom. The summed E-state index contributed by atoms with van der Waals surface area (Å²) in [7, 11) is 4.66. The van der Waals surface area contributed by atoms with Gasteiger partial charge < -0.3 is 19.5 Å². The largest absolute Gasteiger partial charge is 0.493 e. The van der Waals surface area contributed by atoms with Crippen LogP contribution >= 0.6 is 11.3 Å². The minimum absolute atomic E-state index is 0.431. The number of benzene rings is 2. The number of hydrogen-bond acceptors (Lipinski definition) is 7. The van der Waals surface area contributed by atoms with Crippen molar-refractivity contribution in [1.82, 2.24) is 4.98 Å². The van der Waals surface area contributed by atoms with Gasteiger partial charge in [0.1, 0.15) is 16.6 Å². The molecule has 3 aromatic rings. The smallest absolute Gasteiger partial charge is 0.203 e. The quantitative estimate of drug-likeness (QED) is 0.581. The lowest BCUT2D eigenvalue weighted by molar-refractivity contribution is 0.324. The summed E-state index contributed by atoms with van der Waals surface area (Å²) >= 11 is 1.42. The number of hydrogen-bond donors (Lipinski definition) is 1. The van der Waals surface area contributed by atoms with Crippen LogP contribution < -0.4 is 19.5 Å². The van der Waals surface area contributed by atoms with Crippen LogP contribution in [0.2, 0.25) is 0 Å². The van der Waals surface area contributed by atoms with Gasteiger partial charge in [0.05, 0.1) is 27.0 Å². The number of aromatic nitrogens is 1. The average molecular weight is 393 g/mol. The van der Waals surface area contributed by atoms with Gasteiger partial charge >= 0.3 is 0 Å². The third-order valence-corrected chi connectivity index (χ3v) is 4.85. The Morgan fingerprint density at radius 3 is 2.32 bits per heavy atom. The van der Waals surface area contributed by atoms with E-state index in [-0.39, 0.29) is 0 Å². The molecule has 1 heterocycles. The summed E-state index contributed by atoms with van der Waals surface area (Å²) < 4.78 is 16.0. The predicted octanol–water partition coefficient (Wildman–Crippen LogP) is 4.81. The van der Waals surface area contributed by atoms with Crippen molar-refractivity contribution in [2.75, 3.05) is 26.6 Å². The van der Waals surface area contributed by atoms with Crippen LogP contribution in [0.4, 0.5) is 5.69 Å². The zero-order valence-electron chi connectivity index (χ0n) is 15.7. The second-order valence-corrected chi connectivity index (χ2v) is 6.49. The summed E-state index contributed by atoms with van der Waals surface area (Å²) in [6.45, 7) is 0. The molecule has 0 saturated carbocycles. The van der Waals surface area contributed by atoms with Crippen LogP contribution in [0, 0.1) is 11.3 Å². The number of thiazole rings is 1. The van der Waals surface area contributed by atoms with Gasteiger partial charge in [0.15, 0.2) is 11.5 Å². The van der Waals surface area contributed by atoms with Crippen LogP contribution in [0.25, 0.3) is 16.8 Å². The summed E-state index contributed by atoms with van der Waals surface area (Å²) in [5, 5.41) is 15.3. The Kier molecular flexibility index (Phi) is 6.14. The molecular formula is C21H19N3O3S. The molecule has 0 saturated heterocycles. The highest BCUT2D eigenvalue weighted by Crippen LogP contribution is 2.40. The third-order valence-electron chi connectivity index (χ3n) is 3.97. The summed E-state index contributed by atoms with van der Waals surface area (Å²) in [6, 6.07) is 15.6. The van der Waals surface area contributed by atoms with Crippen LogP contribution in [0.5, 0.6) is 17.2 Å². The van der Waals surface area contributed by atoms with Gasteiger partial charge in [0, 0.05) is 35.0 Å². The maximum absolute atomic E-state index is 9.56. The number of ether oxygens (including phenoxy) is 3. The van der Waals surface area contributed by atoms with Crippen molar-refractivity contribution in [1.29, 1.82) is 5.26 Å². The van der Waals surface area contributed by atoms with Crippen molar-refractivity contribution in [3.05, 3.63) is 59.1 Å². The molecule has 7 heteroatoms. The first kappa shape index (κ1) is 19.3. The van der Waals surface area contributed by atoms with E-state index in [0.29, 0.717) is 33.5 Å². The van der Waals surface area contributed by atoms with E-state index in [1.807, 2.05) is 35.7 Å². The van der Waals surface area contributed by atoms with E-state index in [4.69, 9.17) is 14.2 Å². The molecule has 142 valence electrons. The molecular weight excluding hydrogens is 374 g/mol. The Hall–Kier alpha value is -3.50. The molecule has 0 radical (unpaired) electrons. The average Bonchev–Trinajstić information content (AvgIpc) is 3.24. The van der Waals surface area contributed by atoms with Gasteiger partial charge in [0.2, 0.25) is 5.75 Å². The fourth-order valence-corrected chi connectivity index (χ4v) is 3.40. The standard InChI is InChI=1S/C21H19N3O3S/c1-25-18-9-16(10-19(26-2)20(18)27-3)23-12-15(11-22)21-24-17(13-28-21)14-7-5-4-6-8-14/h4-10,12-13,23H,1-3H3/b15-12+. The lowest BCUT2D eigenvalue weighted by atomic mass is 10.2. The Labute approximate surface area is 167 Å². The lowest BCUT2D eigenvalue weighted by Crippen LogP contribution is -1.98. The molecule has 6 nitrogen and oxygen atoms in total.